The number of hydrogen-bond acceptors (Lipinski definition) is 4. The molecule has 0 aliphatic carbocycles. The Bertz CT molecular complexity index is 432. The van der Waals surface area contributed by atoms with Gasteiger partial charge in [-0.2, -0.15) is 0 Å². The molecule has 1 saturated heterocycles. The normalized spacial score (nSPS) is 25.9. The first-order valence-electron chi connectivity index (χ1n) is 6.93. The predicted molar refractivity (Wildman–Crippen MR) is 80.1 cm³/mol. The summed E-state index contributed by atoms with van der Waals surface area (Å²) in [6.07, 6.45) is 1.44. The summed E-state index contributed by atoms with van der Waals surface area (Å²) in [7, 11) is 0. The SMILES string of the molecule is Cc1noc(C)c1CC(=O)NC1C(C)CCNC1C.Cl. The summed E-state index contributed by atoms with van der Waals surface area (Å²) < 4.78 is 5.09. The lowest BCUT2D eigenvalue weighted by molar-refractivity contribution is -0.121. The number of aromatic nitrogens is 1. The number of rotatable bonds is 3. The van der Waals surface area contributed by atoms with E-state index in [0.29, 0.717) is 18.4 Å². The van der Waals surface area contributed by atoms with Crippen molar-refractivity contribution in [3.63, 3.8) is 0 Å². The summed E-state index contributed by atoms with van der Waals surface area (Å²) in [6, 6.07) is 0.513. The molecule has 0 bridgehead atoms. The highest BCUT2D eigenvalue weighted by Crippen LogP contribution is 2.17. The Kier molecular flexibility index (Phi) is 6.02. The van der Waals surface area contributed by atoms with Gasteiger partial charge < -0.3 is 15.2 Å². The smallest absolute Gasteiger partial charge is 0.224 e. The minimum absolute atomic E-state index is 0. The van der Waals surface area contributed by atoms with Gasteiger partial charge in [-0.05, 0) is 39.7 Å². The summed E-state index contributed by atoms with van der Waals surface area (Å²) in [6.45, 7) is 9.05. The highest BCUT2D eigenvalue weighted by Gasteiger charge is 2.29. The van der Waals surface area contributed by atoms with Gasteiger partial charge >= 0.3 is 0 Å². The van der Waals surface area contributed by atoms with E-state index in [-0.39, 0.29) is 24.4 Å². The molecule has 2 rings (SSSR count). The summed E-state index contributed by atoms with van der Waals surface area (Å²) in [4.78, 5) is 12.2. The molecule has 0 saturated carbocycles. The molecule has 20 heavy (non-hydrogen) atoms. The van der Waals surface area contributed by atoms with Gasteiger partial charge in [-0.15, -0.1) is 12.4 Å². The van der Waals surface area contributed by atoms with Crippen LogP contribution in [0.2, 0.25) is 0 Å². The standard InChI is InChI=1S/C14H23N3O2.ClH/c1-8-5-6-15-10(3)14(8)16-13(18)7-12-9(2)17-19-11(12)4;/h8,10,14-15H,5-7H2,1-4H3,(H,16,18);1H. The van der Waals surface area contributed by atoms with Crippen molar-refractivity contribution in [2.24, 2.45) is 5.92 Å². The van der Waals surface area contributed by atoms with E-state index in [0.717, 1.165) is 30.0 Å². The van der Waals surface area contributed by atoms with Crippen molar-refractivity contribution < 1.29 is 9.32 Å². The van der Waals surface area contributed by atoms with E-state index < -0.39 is 0 Å². The number of carbonyl (C=O) groups is 1. The molecule has 0 radical (unpaired) electrons. The van der Waals surface area contributed by atoms with Gasteiger partial charge in [0.1, 0.15) is 5.76 Å². The van der Waals surface area contributed by atoms with Gasteiger partial charge in [0.2, 0.25) is 5.91 Å². The van der Waals surface area contributed by atoms with Gasteiger partial charge in [-0.1, -0.05) is 12.1 Å². The third kappa shape index (κ3) is 3.73. The number of carbonyl (C=O) groups excluding carboxylic acids is 1. The minimum Gasteiger partial charge on any atom is -0.361 e. The molecule has 1 aliphatic rings. The average Bonchev–Trinajstić information content (AvgIpc) is 2.66. The molecular weight excluding hydrogens is 278 g/mol. The number of nitrogens with zero attached hydrogens (tertiary/aromatic N) is 1. The van der Waals surface area contributed by atoms with Crippen LogP contribution in [0.15, 0.2) is 4.52 Å². The molecule has 3 unspecified atom stereocenters. The lowest BCUT2D eigenvalue weighted by Crippen LogP contribution is -2.56. The molecule has 0 aromatic carbocycles. The van der Waals surface area contributed by atoms with Crippen molar-refractivity contribution >= 4 is 18.3 Å². The first-order valence-corrected chi connectivity index (χ1v) is 6.93. The third-order valence-electron chi connectivity index (χ3n) is 4.06. The molecule has 114 valence electrons. The first kappa shape index (κ1) is 17.0. The van der Waals surface area contributed by atoms with Crippen molar-refractivity contribution in [3.05, 3.63) is 17.0 Å². The Morgan fingerprint density at radius 1 is 1.45 bits per heavy atom. The maximum atomic E-state index is 12.2. The second kappa shape index (κ2) is 7.09. The predicted octanol–water partition coefficient (Wildman–Crippen LogP) is 1.76. The van der Waals surface area contributed by atoms with Gasteiger partial charge in [0.05, 0.1) is 12.1 Å². The monoisotopic (exact) mass is 301 g/mol. The number of hydrogen-bond donors (Lipinski definition) is 2. The number of piperidine rings is 1. The Morgan fingerprint density at radius 2 is 2.15 bits per heavy atom. The number of aryl methyl sites for hydroxylation is 2. The molecule has 6 heteroatoms. The Labute approximate surface area is 126 Å². The first-order chi connectivity index (χ1) is 8.99. The van der Waals surface area contributed by atoms with E-state index in [9.17, 15) is 4.79 Å². The minimum atomic E-state index is 0. The quantitative estimate of drug-likeness (QED) is 0.893. The van der Waals surface area contributed by atoms with Crippen LogP contribution in [0.1, 0.15) is 37.3 Å². The zero-order valence-electron chi connectivity index (χ0n) is 12.5. The van der Waals surface area contributed by atoms with Crippen molar-refractivity contribution in [2.75, 3.05) is 6.54 Å². The van der Waals surface area contributed by atoms with Crippen LogP contribution in [0.4, 0.5) is 0 Å². The fraction of sp³-hybridized carbons (Fsp3) is 0.714. The van der Waals surface area contributed by atoms with E-state index in [1.54, 1.807) is 0 Å². The summed E-state index contributed by atoms with van der Waals surface area (Å²) in [5.74, 6) is 1.28. The lowest BCUT2D eigenvalue weighted by Gasteiger charge is -2.36. The van der Waals surface area contributed by atoms with Gasteiger partial charge in [-0.25, -0.2) is 0 Å². The fourth-order valence-electron chi connectivity index (χ4n) is 2.76. The Morgan fingerprint density at radius 3 is 2.70 bits per heavy atom. The van der Waals surface area contributed by atoms with Crippen LogP contribution in [-0.4, -0.2) is 29.7 Å². The molecule has 1 aromatic heterocycles. The van der Waals surface area contributed by atoms with Gasteiger partial charge in [0.15, 0.2) is 0 Å². The van der Waals surface area contributed by atoms with Crippen LogP contribution < -0.4 is 10.6 Å². The molecule has 2 N–H and O–H groups in total. The van der Waals surface area contributed by atoms with Gasteiger partial charge in [0, 0.05) is 17.6 Å². The van der Waals surface area contributed by atoms with E-state index in [1.165, 1.54) is 0 Å². The van der Waals surface area contributed by atoms with Gasteiger partial charge in [-0.3, -0.25) is 4.79 Å². The summed E-state index contributed by atoms with van der Waals surface area (Å²) in [5.41, 5.74) is 1.71. The Hall–Kier alpha value is -1.07. The average molecular weight is 302 g/mol. The number of amides is 1. The second-order valence-electron chi connectivity index (χ2n) is 5.58. The van der Waals surface area contributed by atoms with Crippen molar-refractivity contribution in [2.45, 2.75) is 52.6 Å². The van der Waals surface area contributed by atoms with E-state index in [2.05, 4.69) is 29.6 Å². The highest BCUT2D eigenvalue weighted by atomic mass is 35.5. The number of halogens is 1. The van der Waals surface area contributed by atoms with E-state index >= 15 is 0 Å². The van der Waals surface area contributed by atoms with Crippen LogP contribution in [0, 0.1) is 19.8 Å². The van der Waals surface area contributed by atoms with Crippen LogP contribution in [0.3, 0.4) is 0 Å². The molecular formula is C14H24ClN3O2. The number of nitrogens with one attached hydrogen (secondary N) is 2. The van der Waals surface area contributed by atoms with Crippen LogP contribution in [0.25, 0.3) is 0 Å². The molecule has 1 aliphatic heterocycles. The zero-order chi connectivity index (χ0) is 14.0. The van der Waals surface area contributed by atoms with Crippen molar-refractivity contribution in [1.82, 2.24) is 15.8 Å². The molecule has 0 spiro atoms. The van der Waals surface area contributed by atoms with Gasteiger partial charge in [0.25, 0.3) is 0 Å². The van der Waals surface area contributed by atoms with E-state index in [1.807, 2.05) is 13.8 Å². The van der Waals surface area contributed by atoms with Crippen molar-refractivity contribution in [1.29, 1.82) is 0 Å². The van der Waals surface area contributed by atoms with Crippen LogP contribution >= 0.6 is 12.4 Å². The molecule has 1 amide bonds. The fourth-order valence-corrected chi connectivity index (χ4v) is 2.76. The summed E-state index contributed by atoms with van der Waals surface area (Å²) >= 11 is 0. The molecule has 5 nitrogen and oxygen atoms in total. The lowest BCUT2D eigenvalue weighted by atomic mass is 9.89. The third-order valence-corrected chi connectivity index (χ3v) is 4.06. The second-order valence-corrected chi connectivity index (χ2v) is 5.58. The van der Waals surface area contributed by atoms with Crippen molar-refractivity contribution in [3.8, 4) is 0 Å². The maximum Gasteiger partial charge on any atom is 0.224 e. The molecule has 2 heterocycles. The molecule has 1 aromatic rings. The van der Waals surface area contributed by atoms with Crippen LogP contribution in [0.5, 0.6) is 0 Å². The maximum absolute atomic E-state index is 12.2. The zero-order valence-corrected chi connectivity index (χ0v) is 13.3. The van der Waals surface area contributed by atoms with E-state index in [4.69, 9.17) is 4.52 Å². The Balaban J connectivity index is 0.00000200. The summed E-state index contributed by atoms with van der Waals surface area (Å²) in [5, 5.41) is 10.4. The molecule has 3 atom stereocenters. The largest absolute Gasteiger partial charge is 0.361 e. The molecule has 1 fully saturated rings. The topological polar surface area (TPSA) is 67.2 Å². The van der Waals surface area contributed by atoms with Crippen LogP contribution in [-0.2, 0) is 11.2 Å². The highest BCUT2D eigenvalue weighted by molar-refractivity contribution is 5.85.